The summed E-state index contributed by atoms with van der Waals surface area (Å²) in [6.45, 7) is 6.47. The SMILES string of the molecule is C=Cc1ccc2c(C(=O)NC3CC(F)(F)C3)cn(CC)c2c1. The molecule has 1 fully saturated rings. The zero-order chi connectivity index (χ0) is 15.9. The van der Waals surface area contributed by atoms with Crippen LogP contribution in [0.4, 0.5) is 8.78 Å². The van der Waals surface area contributed by atoms with E-state index in [1.54, 1.807) is 12.3 Å². The third-order valence-electron chi connectivity index (χ3n) is 4.15. The molecule has 0 aliphatic heterocycles. The van der Waals surface area contributed by atoms with E-state index < -0.39 is 12.0 Å². The van der Waals surface area contributed by atoms with Crippen LogP contribution in [0.25, 0.3) is 17.0 Å². The van der Waals surface area contributed by atoms with E-state index in [2.05, 4.69) is 11.9 Å². The summed E-state index contributed by atoms with van der Waals surface area (Å²) in [6.07, 6.45) is 2.99. The summed E-state index contributed by atoms with van der Waals surface area (Å²) in [4.78, 5) is 12.4. The molecule has 1 aliphatic rings. The van der Waals surface area contributed by atoms with Gasteiger partial charge in [0.25, 0.3) is 11.8 Å². The second kappa shape index (κ2) is 5.23. The number of nitrogens with zero attached hydrogens (tertiary/aromatic N) is 1. The van der Waals surface area contributed by atoms with E-state index in [-0.39, 0.29) is 18.7 Å². The van der Waals surface area contributed by atoms with Crippen molar-refractivity contribution in [3.05, 3.63) is 42.1 Å². The van der Waals surface area contributed by atoms with Crippen LogP contribution in [0.5, 0.6) is 0 Å². The quantitative estimate of drug-likeness (QED) is 0.915. The predicted octanol–water partition coefficient (Wildman–Crippen LogP) is 3.83. The smallest absolute Gasteiger partial charge is 0.253 e. The van der Waals surface area contributed by atoms with Crippen LogP contribution in [0.15, 0.2) is 31.0 Å². The Bertz CT molecular complexity index is 740. The number of carbonyl (C=O) groups excluding carboxylic acids is 1. The number of hydrogen-bond donors (Lipinski definition) is 1. The van der Waals surface area contributed by atoms with Crippen molar-refractivity contribution in [2.75, 3.05) is 0 Å². The Kier molecular flexibility index (Phi) is 3.51. The van der Waals surface area contributed by atoms with Crippen molar-refractivity contribution in [1.82, 2.24) is 9.88 Å². The van der Waals surface area contributed by atoms with Gasteiger partial charge in [0, 0.05) is 42.5 Å². The normalized spacial score (nSPS) is 17.2. The highest BCUT2D eigenvalue weighted by Gasteiger charge is 2.46. The van der Waals surface area contributed by atoms with Gasteiger partial charge in [-0.2, -0.15) is 0 Å². The van der Waals surface area contributed by atoms with Crippen LogP contribution < -0.4 is 5.32 Å². The van der Waals surface area contributed by atoms with Gasteiger partial charge in [0.05, 0.1) is 5.56 Å². The average Bonchev–Trinajstić information content (AvgIpc) is 2.83. The molecule has 1 amide bonds. The topological polar surface area (TPSA) is 34.0 Å². The number of aryl methyl sites for hydroxylation is 1. The highest BCUT2D eigenvalue weighted by Crippen LogP contribution is 2.37. The first-order chi connectivity index (χ1) is 10.4. The van der Waals surface area contributed by atoms with Crippen molar-refractivity contribution < 1.29 is 13.6 Å². The van der Waals surface area contributed by atoms with Gasteiger partial charge in [-0.15, -0.1) is 0 Å². The maximum absolute atomic E-state index is 12.9. The van der Waals surface area contributed by atoms with Gasteiger partial charge in [0.15, 0.2) is 0 Å². The maximum Gasteiger partial charge on any atom is 0.253 e. The second-order valence-electron chi connectivity index (χ2n) is 5.74. The molecule has 0 saturated heterocycles. The molecule has 0 spiro atoms. The first-order valence-electron chi connectivity index (χ1n) is 7.37. The second-order valence-corrected chi connectivity index (χ2v) is 5.74. The molecule has 3 rings (SSSR count). The summed E-state index contributed by atoms with van der Waals surface area (Å²) < 4.78 is 27.7. The Morgan fingerprint density at radius 2 is 2.23 bits per heavy atom. The van der Waals surface area contributed by atoms with E-state index in [9.17, 15) is 13.6 Å². The summed E-state index contributed by atoms with van der Waals surface area (Å²) in [5.74, 6) is -2.92. The van der Waals surface area contributed by atoms with Crippen LogP contribution in [0.2, 0.25) is 0 Å². The van der Waals surface area contributed by atoms with Crippen molar-refractivity contribution in [2.24, 2.45) is 0 Å². The van der Waals surface area contributed by atoms with Gasteiger partial charge in [-0.1, -0.05) is 24.8 Å². The Morgan fingerprint density at radius 3 is 2.82 bits per heavy atom. The molecule has 1 N–H and O–H groups in total. The van der Waals surface area contributed by atoms with E-state index in [0.29, 0.717) is 5.56 Å². The van der Waals surface area contributed by atoms with Crippen LogP contribution in [-0.4, -0.2) is 22.4 Å². The zero-order valence-corrected chi connectivity index (χ0v) is 12.4. The molecule has 5 heteroatoms. The van der Waals surface area contributed by atoms with Crippen LogP contribution >= 0.6 is 0 Å². The third-order valence-corrected chi connectivity index (χ3v) is 4.15. The predicted molar refractivity (Wildman–Crippen MR) is 83.1 cm³/mol. The lowest BCUT2D eigenvalue weighted by Gasteiger charge is -2.35. The number of carbonyl (C=O) groups is 1. The van der Waals surface area contributed by atoms with Crippen LogP contribution in [0.1, 0.15) is 35.7 Å². The van der Waals surface area contributed by atoms with Crippen molar-refractivity contribution in [3.63, 3.8) is 0 Å². The molecular formula is C17H18F2N2O. The van der Waals surface area contributed by atoms with Crippen molar-refractivity contribution in [2.45, 2.75) is 38.3 Å². The first kappa shape index (κ1) is 14.8. The number of rotatable bonds is 4. The number of halogens is 2. The van der Waals surface area contributed by atoms with Gasteiger partial charge >= 0.3 is 0 Å². The minimum atomic E-state index is -2.63. The molecule has 0 unspecified atom stereocenters. The summed E-state index contributed by atoms with van der Waals surface area (Å²) in [7, 11) is 0. The van der Waals surface area contributed by atoms with Crippen LogP contribution in [-0.2, 0) is 6.54 Å². The van der Waals surface area contributed by atoms with E-state index >= 15 is 0 Å². The average molecular weight is 304 g/mol. The number of aromatic nitrogens is 1. The van der Waals surface area contributed by atoms with Gasteiger partial charge in [0.1, 0.15) is 0 Å². The molecular weight excluding hydrogens is 286 g/mol. The number of alkyl halides is 2. The lowest BCUT2D eigenvalue weighted by molar-refractivity contribution is -0.0901. The molecule has 1 heterocycles. The number of hydrogen-bond acceptors (Lipinski definition) is 1. The van der Waals surface area contributed by atoms with Crippen LogP contribution in [0.3, 0.4) is 0 Å². The minimum absolute atomic E-state index is 0.272. The van der Waals surface area contributed by atoms with E-state index in [4.69, 9.17) is 0 Å². The largest absolute Gasteiger partial charge is 0.349 e. The molecule has 2 aromatic rings. The van der Waals surface area contributed by atoms with Crippen molar-refractivity contribution in [1.29, 1.82) is 0 Å². The Labute approximate surface area is 127 Å². The fourth-order valence-corrected chi connectivity index (χ4v) is 2.90. The van der Waals surface area contributed by atoms with Gasteiger partial charge < -0.3 is 9.88 Å². The van der Waals surface area contributed by atoms with Crippen molar-refractivity contribution in [3.8, 4) is 0 Å². The fraction of sp³-hybridized carbons (Fsp3) is 0.353. The molecule has 0 atom stereocenters. The standard InChI is InChI=1S/C17H18F2N2O/c1-3-11-5-6-13-14(10-21(4-2)15(13)7-11)16(22)20-12-8-17(18,19)9-12/h3,5-7,10,12H,1,4,8-9H2,2H3,(H,20,22). The van der Waals surface area contributed by atoms with Crippen molar-refractivity contribution >= 4 is 22.9 Å². The highest BCUT2D eigenvalue weighted by molar-refractivity contribution is 6.07. The molecule has 1 saturated carbocycles. The first-order valence-corrected chi connectivity index (χ1v) is 7.37. The molecule has 1 aromatic carbocycles. The number of amides is 1. The molecule has 0 bridgehead atoms. The number of benzene rings is 1. The molecule has 116 valence electrons. The lowest BCUT2D eigenvalue weighted by atomic mass is 9.88. The summed E-state index contributed by atoms with van der Waals surface area (Å²) >= 11 is 0. The molecule has 3 nitrogen and oxygen atoms in total. The lowest BCUT2D eigenvalue weighted by Crippen LogP contribution is -2.50. The molecule has 1 aliphatic carbocycles. The number of nitrogens with one attached hydrogen (secondary N) is 1. The monoisotopic (exact) mass is 304 g/mol. The third kappa shape index (κ3) is 2.51. The van der Waals surface area contributed by atoms with Crippen LogP contribution in [0, 0.1) is 0 Å². The summed E-state index contributed by atoms with van der Waals surface area (Å²) in [5, 5.41) is 3.52. The van der Waals surface area contributed by atoms with E-state index in [1.165, 1.54) is 0 Å². The van der Waals surface area contributed by atoms with E-state index in [0.717, 1.165) is 23.0 Å². The summed E-state index contributed by atoms with van der Waals surface area (Å²) in [6, 6.07) is 5.31. The number of fused-ring (bicyclic) bond motifs is 1. The Hall–Kier alpha value is -2.17. The molecule has 1 aromatic heterocycles. The van der Waals surface area contributed by atoms with Gasteiger partial charge in [0.2, 0.25) is 0 Å². The summed E-state index contributed by atoms with van der Waals surface area (Å²) in [5.41, 5.74) is 2.46. The Balaban J connectivity index is 1.90. The molecule has 22 heavy (non-hydrogen) atoms. The molecule has 0 radical (unpaired) electrons. The fourth-order valence-electron chi connectivity index (χ4n) is 2.90. The van der Waals surface area contributed by atoms with Gasteiger partial charge in [-0.3, -0.25) is 4.79 Å². The zero-order valence-electron chi connectivity index (χ0n) is 12.4. The van der Waals surface area contributed by atoms with E-state index in [1.807, 2.05) is 29.7 Å². The van der Waals surface area contributed by atoms with Gasteiger partial charge in [-0.05, 0) is 18.6 Å². The maximum atomic E-state index is 12.9. The Morgan fingerprint density at radius 1 is 1.50 bits per heavy atom. The minimum Gasteiger partial charge on any atom is -0.349 e. The highest BCUT2D eigenvalue weighted by atomic mass is 19.3. The van der Waals surface area contributed by atoms with Gasteiger partial charge in [-0.25, -0.2) is 8.78 Å².